The first-order chi connectivity index (χ1) is 7.59. The van der Waals surface area contributed by atoms with Gasteiger partial charge in [0.1, 0.15) is 5.60 Å². The fourth-order valence-corrected chi connectivity index (χ4v) is 2.84. The lowest BCUT2D eigenvalue weighted by Gasteiger charge is -2.20. The molecule has 1 atom stereocenters. The van der Waals surface area contributed by atoms with E-state index in [0.717, 1.165) is 2.88 Å². The number of aliphatic hydroxyl groups is 1. The topological polar surface area (TPSA) is 58.6 Å². The summed E-state index contributed by atoms with van der Waals surface area (Å²) >= 11 is 3.70. The van der Waals surface area contributed by atoms with Gasteiger partial charge in [0.05, 0.1) is 15.1 Å². The van der Waals surface area contributed by atoms with Crippen LogP contribution < -0.4 is 5.32 Å². The van der Waals surface area contributed by atoms with Crippen molar-refractivity contribution in [2.75, 3.05) is 19.8 Å². The second-order valence-corrected chi connectivity index (χ2v) is 6.65. The summed E-state index contributed by atoms with van der Waals surface area (Å²) in [5.74, 6) is -0.139. The predicted octanol–water partition coefficient (Wildman–Crippen LogP) is 1.23. The monoisotopic (exact) mass is 353 g/mol. The minimum atomic E-state index is -0.890. The van der Waals surface area contributed by atoms with Crippen LogP contribution in [0, 0.1) is 2.88 Å². The Kier molecular flexibility index (Phi) is 3.83. The average molecular weight is 353 g/mol. The summed E-state index contributed by atoms with van der Waals surface area (Å²) in [6.45, 7) is 1.11. The highest BCUT2D eigenvalue weighted by molar-refractivity contribution is 14.1. The van der Waals surface area contributed by atoms with Crippen molar-refractivity contribution in [2.24, 2.45) is 0 Å². The molecule has 88 valence electrons. The van der Waals surface area contributed by atoms with Crippen molar-refractivity contribution in [1.82, 2.24) is 5.32 Å². The largest absolute Gasteiger partial charge is 0.386 e. The van der Waals surface area contributed by atoms with E-state index in [0.29, 0.717) is 25.2 Å². The molecule has 2 heterocycles. The maximum Gasteiger partial charge on any atom is 0.252 e. The molecule has 0 bridgehead atoms. The standard InChI is InChI=1S/C10H12INO3S/c11-8-3-7(4-16-8)9(13)12-5-10(14)1-2-15-6-10/h3-4,14H,1-2,5-6H2,(H,12,13). The maximum absolute atomic E-state index is 11.7. The van der Waals surface area contributed by atoms with Gasteiger partial charge in [-0.2, -0.15) is 0 Å². The summed E-state index contributed by atoms with van der Waals surface area (Å²) in [4.78, 5) is 11.7. The first-order valence-corrected chi connectivity index (χ1v) is 6.87. The third-order valence-corrected chi connectivity index (χ3v) is 4.28. The van der Waals surface area contributed by atoms with Gasteiger partial charge in [-0.25, -0.2) is 0 Å². The van der Waals surface area contributed by atoms with Gasteiger partial charge in [-0.05, 0) is 28.7 Å². The van der Waals surface area contributed by atoms with Crippen LogP contribution in [0.15, 0.2) is 11.4 Å². The van der Waals surface area contributed by atoms with Gasteiger partial charge >= 0.3 is 0 Å². The molecule has 1 aliphatic rings. The molecule has 16 heavy (non-hydrogen) atoms. The lowest BCUT2D eigenvalue weighted by atomic mass is 10.0. The van der Waals surface area contributed by atoms with Gasteiger partial charge in [-0.3, -0.25) is 4.79 Å². The smallest absolute Gasteiger partial charge is 0.252 e. The molecule has 4 nitrogen and oxygen atoms in total. The molecule has 1 aromatic heterocycles. The molecule has 1 unspecified atom stereocenters. The van der Waals surface area contributed by atoms with Gasteiger partial charge in [0, 0.05) is 25.0 Å². The fourth-order valence-electron chi connectivity index (χ4n) is 1.51. The Bertz CT molecular complexity index is 387. The quantitative estimate of drug-likeness (QED) is 0.804. The summed E-state index contributed by atoms with van der Waals surface area (Å²) in [5, 5.41) is 14.5. The number of carbonyl (C=O) groups excluding carboxylic acids is 1. The Balaban J connectivity index is 1.88. The molecule has 0 aromatic carbocycles. The van der Waals surface area contributed by atoms with Gasteiger partial charge in [0.25, 0.3) is 5.91 Å². The normalized spacial score (nSPS) is 24.6. The molecular formula is C10H12INO3S. The molecule has 1 amide bonds. The van der Waals surface area contributed by atoms with E-state index >= 15 is 0 Å². The van der Waals surface area contributed by atoms with Gasteiger partial charge in [0.2, 0.25) is 0 Å². The molecule has 1 aliphatic heterocycles. The van der Waals surface area contributed by atoms with Crippen molar-refractivity contribution in [3.63, 3.8) is 0 Å². The number of ether oxygens (including phenoxy) is 1. The highest BCUT2D eigenvalue weighted by Gasteiger charge is 2.32. The van der Waals surface area contributed by atoms with Gasteiger partial charge in [-0.1, -0.05) is 0 Å². The number of carbonyl (C=O) groups is 1. The molecule has 2 N–H and O–H groups in total. The third kappa shape index (κ3) is 2.93. The average Bonchev–Trinajstić information content (AvgIpc) is 2.85. The van der Waals surface area contributed by atoms with E-state index in [1.807, 2.05) is 11.4 Å². The molecule has 1 saturated heterocycles. The van der Waals surface area contributed by atoms with Gasteiger partial charge < -0.3 is 15.2 Å². The van der Waals surface area contributed by atoms with Crippen molar-refractivity contribution in [1.29, 1.82) is 0 Å². The van der Waals surface area contributed by atoms with Crippen LogP contribution >= 0.6 is 33.9 Å². The zero-order valence-corrected chi connectivity index (χ0v) is 11.5. The van der Waals surface area contributed by atoms with Crippen molar-refractivity contribution in [3.8, 4) is 0 Å². The zero-order valence-electron chi connectivity index (χ0n) is 8.53. The first kappa shape index (κ1) is 12.3. The van der Waals surface area contributed by atoms with E-state index < -0.39 is 5.60 Å². The summed E-state index contributed by atoms with van der Waals surface area (Å²) in [7, 11) is 0. The van der Waals surface area contributed by atoms with E-state index in [9.17, 15) is 9.90 Å². The fraction of sp³-hybridized carbons (Fsp3) is 0.500. The van der Waals surface area contributed by atoms with Crippen molar-refractivity contribution < 1.29 is 14.6 Å². The molecule has 0 spiro atoms. The van der Waals surface area contributed by atoms with Crippen LogP contribution in [0.3, 0.4) is 0 Å². The summed E-state index contributed by atoms with van der Waals surface area (Å²) in [6, 6.07) is 1.83. The van der Waals surface area contributed by atoms with Crippen LogP contribution in [0.2, 0.25) is 0 Å². The number of hydrogen-bond donors (Lipinski definition) is 2. The minimum Gasteiger partial charge on any atom is -0.386 e. The van der Waals surface area contributed by atoms with Crippen molar-refractivity contribution in [3.05, 3.63) is 19.9 Å². The van der Waals surface area contributed by atoms with E-state index in [4.69, 9.17) is 4.74 Å². The van der Waals surface area contributed by atoms with E-state index in [2.05, 4.69) is 27.9 Å². The maximum atomic E-state index is 11.7. The Morgan fingerprint density at radius 1 is 1.75 bits per heavy atom. The van der Waals surface area contributed by atoms with Crippen molar-refractivity contribution in [2.45, 2.75) is 12.0 Å². The van der Waals surface area contributed by atoms with Crippen LogP contribution in [0.4, 0.5) is 0 Å². The highest BCUT2D eigenvalue weighted by Crippen LogP contribution is 2.19. The van der Waals surface area contributed by atoms with E-state index in [1.165, 1.54) is 11.3 Å². The summed E-state index contributed by atoms with van der Waals surface area (Å²) in [6.07, 6.45) is 0.578. The minimum absolute atomic E-state index is 0.139. The molecule has 1 fully saturated rings. The number of amides is 1. The number of thiophene rings is 1. The highest BCUT2D eigenvalue weighted by atomic mass is 127. The summed E-state index contributed by atoms with van der Waals surface area (Å²) < 4.78 is 6.18. The summed E-state index contributed by atoms with van der Waals surface area (Å²) in [5.41, 5.74) is -0.240. The molecule has 2 rings (SSSR count). The van der Waals surface area contributed by atoms with Gasteiger partial charge in [0.15, 0.2) is 0 Å². The predicted molar refractivity (Wildman–Crippen MR) is 69.8 cm³/mol. The first-order valence-electron chi connectivity index (χ1n) is 4.91. The SMILES string of the molecule is O=C(NCC1(O)CCOC1)c1csc(I)c1. The number of hydrogen-bond acceptors (Lipinski definition) is 4. The molecule has 6 heteroatoms. The lowest BCUT2D eigenvalue weighted by molar-refractivity contribution is 0.0264. The molecule has 0 radical (unpaired) electrons. The zero-order chi connectivity index (χ0) is 11.6. The Labute approximate surface area is 111 Å². The Morgan fingerprint density at radius 3 is 3.12 bits per heavy atom. The second kappa shape index (κ2) is 4.99. The van der Waals surface area contributed by atoms with Crippen LogP contribution in [0.1, 0.15) is 16.8 Å². The van der Waals surface area contributed by atoms with Crippen LogP contribution in [0.5, 0.6) is 0 Å². The van der Waals surface area contributed by atoms with Crippen LogP contribution in [-0.4, -0.2) is 36.4 Å². The van der Waals surface area contributed by atoms with Crippen LogP contribution in [0.25, 0.3) is 0 Å². The number of rotatable bonds is 3. The lowest BCUT2D eigenvalue weighted by Crippen LogP contribution is -2.43. The van der Waals surface area contributed by atoms with Crippen LogP contribution in [-0.2, 0) is 4.74 Å². The molecule has 1 aromatic rings. The van der Waals surface area contributed by atoms with E-state index in [-0.39, 0.29) is 12.5 Å². The molecule has 0 aliphatic carbocycles. The number of nitrogens with one attached hydrogen (secondary N) is 1. The molecule has 0 saturated carbocycles. The third-order valence-electron chi connectivity index (χ3n) is 2.49. The van der Waals surface area contributed by atoms with Crippen molar-refractivity contribution >= 4 is 39.8 Å². The second-order valence-electron chi connectivity index (χ2n) is 3.85. The molecular weight excluding hydrogens is 341 g/mol. The van der Waals surface area contributed by atoms with E-state index in [1.54, 1.807) is 0 Å². The Morgan fingerprint density at radius 2 is 2.56 bits per heavy atom. The number of halogens is 1. The Hall–Kier alpha value is -0.180. The van der Waals surface area contributed by atoms with Gasteiger partial charge in [-0.15, -0.1) is 11.3 Å².